The maximum atomic E-state index is 13.3. The standard InChI is InChI=1S/C27H24N2O5/c1-18(20-11-12-23-24(16-20)33-14-13-32-23)28-26(30)17-29-21-9-5-6-10-22(21)34-25(27(29)31)15-19-7-3-2-4-8-19/h2-12,15-16,18H,13-14,17H2,1H3,(H,28,30)/b25-15+. The predicted octanol–water partition coefficient (Wildman–Crippen LogP) is 4.10. The Morgan fingerprint density at radius 1 is 0.971 bits per heavy atom. The van der Waals surface area contributed by atoms with Crippen LogP contribution in [0.1, 0.15) is 24.1 Å². The Labute approximate surface area is 197 Å². The third-order valence-corrected chi connectivity index (χ3v) is 5.67. The molecular weight excluding hydrogens is 432 g/mol. The minimum Gasteiger partial charge on any atom is -0.486 e. The normalized spacial score (nSPS) is 16.4. The first-order chi connectivity index (χ1) is 16.6. The van der Waals surface area contributed by atoms with Crippen molar-refractivity contribution in [2.75, 3.05) is 24.7 Å². The zero-order chi connectivity index (χ0) is 23.5. The molecule has 1 atom stereocenters. The van der Waals surface area contributed by atoms with E-state index in [4.69, 9.17) is 14.2 Å². The molecule has 0 saturated carbocycles. The summed E-state index contributed by atoms with van der Waals surface area (Å²) in [4.78, 5) is 27.7. The molecule has 5 rings (SSSR count). The van der Waals surface area contributed by atoms with Crippen molar-refractivity contribution in [3.8, 4) is 17.2 Å². The lowest BCUT2D eigenvalue weighted by molar-refractivity contribution is -0.123. The second-order valence-electron chi connectivity index (χ2n) is 8.07. The molecule has 2 aliphatic rings. The van der Waals surface area contributed by atoms with E-state index in [0.29, 0.717) is 36.1 Å². The molecule has 2 aliphatic heterocycles. The van der Waals surface area contributed by atoms with E-state index in [-0.39, 0.29) is 30.2 Å². The number of carbonyl (C=O) groups excluding carboxylic acids is 2. The Morgan fingerprint density at radius 2 is 1.71 bits per heavy atom. The monoisotopic (exact) mass is 456 g/mol. The van der Waals surface area contributed by atoms with Gasteiger partial charge >= 0.3 is 0 Å². The highest BCUT2D eigenvalue weighted by Crippen LogP contribution is 2.36. The number of para-hydroxylation sites is 2. The van der Waals surface area contributed by atoms with Gasteiger partial charge in [0.15, 0.2) is 23.0 Å². The SMILES string of the molecule is CC(NC(=O)CN1C(=O)/C(=C\c2ccccc2)Oc2ccccc21)c1ccc2c(c1)OCCO2. The van der Waals surface area contributed by atoms with Gasteiger partial charge in [-0.3, -0.25) is 14.5 Å². The van der Waals surface area contributed by atoms with Crippen LogP contribution in [-0.2, 0) is 9.59 Å². The number of nitrogens with one attached hydrogen (secondary N) is 1. The minimum absolute atomic E-state index is 0.139. The van der Waals surface area contributed by atoms with Gasteiger partial charge in [-0.15, -0.1) is 0 Å². The summed E-state index contributed by atoms with van der Waals surface area (Å²) in [6.45, 7) is 2.77. The molecule has 172 valence electrons. The van der Waals surface area contributed by atoms with Gasteiger partial charge in [-0.1, -0.05) is 48.5 Å². The van der Waals surface area contributed by atoms with Gasteiger partial charge in [-0.25, -0.2) is 0 Å². The third kappa shape index (κ3) is 4.45. The van der Waals surface area contributed by atoms with Crippen LogP contribution in [0.3, 0.4) is 0 Å². The van der Waals surface area contributed by atoms with Crippen molar-refractivity contribution in [3.63, 3.8) is 0 Å². The van der Waals surface area contributed by atoms with Crippen LogP contribution in [-0.4, -0.2) is 31.6 Å². The number of carbonyl (C=O) groups is 2. The number of benzene rings is 3. The van der Waals surface area contributed by atoms with Crippen molar-refractivity contribution < 1.29 is 23.8 Å². The van der Waals surface area contributed by atoms with E-state index in [1.165, 1.54) is 4.90 Å². The summed E-state index contributed by atoms with van der Waals surface area (Å²) >= 11 is 0. The van der Waals surface area contributed by atoms with Crippen molar-refractivity contribution in [1.29, 1.82) is 0 Å². The second-order valence-corrected chi connectivity index (χ2v) is 8.07. The zero-order valence-corrected chi connectivity index (χ0v) is 18.7. The number of rotatable bonds is 5. The van der Waals surface area contributed by atoms with Gasteiger partial charge in [0.05, 0.1) is 11.7 Å². The highest BCUT2D eigenvalue weighted by atomic mass is 16.6. The van der Waals surface area contributed by atoms with Crippen LogP contribution in [0.25, 0.3) is 6.08 Å². The molecule has 1 unspecified atom stereocenters. The highest BCUT2D eigenvalue weighted by Gasteiger charge is 2.32. The molecule has 3 aromatic carbocycles. The number of hydrogen-bond donors (Lipinski definition) is 1. The molecule has 3 aromatic rings. The van der Waals surface area contributed by atoms with Crippen molar-refractivity contribution >= 4 is 23.6 Å². The third-order valence-electron chi connectivity index (χ3n) is 5.67. The van der Waals surface area contributed by atoms with Gasteiger partial charge in [0.2, 0.25) is 5.91 Å². The van der Waals surface area contributed by atoms with Gasteiger partial charge in [0.1, 0.15) is 19.8 Å². The van der Waals surface area contributed by atoms with Crippen molar-refractivity contribution in [1.82, 2.24) is 5.32 Å². The quantitative estimate of drug-likeness (QED) is 0.585. The fourth-order valence-electron chi connectivity index (χ4n) is 3.96. The Hall–Kier alpha value is -4.26. The van der Waals surface area contributed by atoms with Gasteiger partial charge in [-0.2, -0.15) is 0 Å². The van der Waals surface area contributed by atoms with Gasteiger partial charge < -0.3 is 19.5 Å². The average molecular weight is 456 g/mol. The average Bonchev–Trinajstić information content (AvgIpc) is 2.87. The fraction of sp³-hybridized carbons (Fsp3) is 0.185. The van der Waals surface area contributed by atoms with Crippen LogP contribution in [0.15, 0.2) is 78.6 Å². The molecule has 7 heteroatoms. The second kappa shape index (κ2) is 9.31. The predicted molar refractivity (Wildman–Crippen MR) is 128 cm³/mol. The van der Waals surface area contributed by atoms with Crippen LogP contribution in [0.2, 0.25) is 0 Å². The van der Waals surface area contributed by atoms with Crippen molar-refractivity contribution in [2.45, 2.75) is 13.0 Å². The summed E-state index contributed by atoms with van der Waals surface area (Å²) in [6.07, 6.45) is 1.68. The van der Waals surface area contributed by atoms with Crippen molar-refractivity contribution in [2.24, 2.45) is 0 Å². The molecule has 7 nitrogen and oxygen atoms in total. The number of anilines is 1. The van der Waals surface area contributed by atoms with Crippen LogP contribution < -0.4 is 24.4 Å². The molecule has 0 spiro atoms. The van der Waals surface area contributed by atoms with Gasteiger partial charge in [-0.05, 0) is 48.4 Å². The maximum Gasteiger partial charge on any atom is 0.294 e. The van der Waals surface area contributed by atoms with Crippen molar-refractivity contribution in [3.05, 3.63) is 89.7 Å². The largest absolute Gasteiger partial charge is 0.486 e. The molecular formula is C27H24N2O5. The number of fused-ring (bicyclic) bond motifs is 2. The lowest BCUT2D eigenvalue weighted by Crippen LogP contribution is -2.44. The fourth-order valence-corrected chi connectivity index (χ4v) is 3.96. The molecule has 34 heavy (non-hydrogen) atoms. The first-order valence-electron chi connectivity index (χ1n) is 11.1. The summed E-state index contributed by atoms with van der Waals surface area (Å²) in [5.74, 6) is 1.39. The van der Waals surface area contributed by atoms with Gasteiger partial charge in [0, 0.05) is 0 Å². The van der Waals surface area contributed by atoms with Crippen LogP contribution in [0.5, 0.6) is 17.2 Å². The number of ether oxygens (including phenoxy) is 3. The Balaban J connectivity index is 1.34. The molecule has 1 N–H and O–H groups in total. The molecule has 0 bridgehead atoms. The molecule has 0 radical (unpaired) electrons. The summed E-state index contributed by atoms with van der Waals surface area (Å²) in [6, 6.07) is 22.0. The van der Waals surface area contributed by atoms with E-state index in [2.05, 4.69) is 5.32 Å². The zero-order valence-electron chi connectivity index (χ0n) is 18.7. The molecule has 0 fully saturated rings. The van der Waals surface area contributed by atoms with Crippen LogP contribution >= 0.6 is 0 Å². The van der Waals surface area contributed by atoms with E-state index in [1.807, 2.05) is 67.6 Å². The van der Waals surface area contributed by atoms with Gasteiger partial charge in [0.25, 0.3) is 5.91 Å². The topological polar surface area (TPSA) is 77.1 Å². The van der Waals surface area contributed by atoms with E-state index < -0.39 is 0 Å². The smallest absolute Gasteiger partial charge is 0.294 e. The summed E-state index contributed by atoms with van der Waals surface area (Å²) in [7, 11) is 0. The molecule has 2 heterocycles. The maximum absolute atomic E-state index is 13.3. The number of hydrogen-bond acceptors (Lipinski definition) is 5. The molecule has 2 amide bonds. The van der Waals surface area contributed by atoms with E-state index in [1.54, 1.807) is 18.2 Å². The molecule has 0 aromatic heterocycles. The van der Waals surface area contributed by atoms with E-state index in [9.17, 15) is 9.59 Å². The summed E-state index contributed by atoms with van der Waals surface area (Å²) in [5, 5.41) is 2.98. The first-order valence-corrected chi connectivity index (χ1v) is 11.1. The Morgan fingerprint density at radius 3 is 2.53 bits per heavy atom. The Bertz CT molecular complexity index is 1250. The Kier molecular flexibility index (Phi) is 5.91. The summed E-state index contributed by atoms with van der Waals surface area (Å²) in [5.41, 5.74) is 2.28. The molecule has 0 saturated heterocycles. The van der Waals surface area contributed by atoms with E-state index in [0.717, 1.165) is 11.1 Å². The lowest BCUT2D eigenvalue weighted by atomic mass is 10.1. The lowest BCUT2D eigenvalue weighted by Gasteiger charge is -2.30. The minimum atomic E-state index is -0.371. The first kappa shape index (κ1) is 21.6. The van der Waals surface area contributed by atoms with Crippen LogP contribution in [0.4, 0.5) is 5.69 Å². The highest BCUT2D eigenvalue weighted by molar-refractivity contribution is 6.12. The van der Waals surface area contributed by atoms with Crippen LogP contribution in [0, 0.1) is 0 Å². The number of nitrogens with zero attached hydrogens (tertiary/aromatic N) is 1. The molecule has 0 aliphatic carbocycles. The summed E-state index contributed by atoms with van der Waals surface area (Å²) < 4.78 is 17.1. The van der Waals surface area contributed by atoms with E-state index >= 15 is 0 Å². The number of amides is 2.